The summed E-state index contributed by atoms with van der Waals surface area (Å²) in [5, 5.41) is 0. The first-order valence-electron chi connectivity index (χ1n) is 30.9. The number of esters is 3. The van der Waals surface area contributed by atoms with Crippen LogP contribution in [0.3, 0.4) is 0 Å². The fourth-order valence-corrected chi connectivity index (χ4v) is 9.60. The molecular formula is C62H120O6. The molecule has 0 rings (SSSR count). The molecule has 0 saturated carbocycles. The summed E-state index contributed by atoms with van der Waals surface area (Å²) in [5.74, 6) is 0.0780. The smallest absolute Gasteiger partial charge is 0.306 e. The van der Waals surface area contributed by atoms with Crippen LogP contribution in [0.4, 0.5) is 0 Å². The lowest BCUT2D eigenvalue weighted by molar-refractivity contribution is -0.167. The Morgan fingerprint density at radius 1 is 0.294 bits per heavy atom. The predicted octanol–water partition coefficient (Wildman–Crippen LogP) is 20.6. The number of rotatable bonds is 57. The minimum Gasteiger partial charge on any atom is -0.462 e. The molecule has 404 valence electrons. The summed E-state index contributed by atoms with van der Waals surface area (Å²) in [6.07, 6.45) is 62.4. The molecule has 0 aliphatic heterocycles. The molecule has 0 heterocycles. The van der Waals surface area contributed by atoms with E-state index in [1.807, 2.05) is 0 Å². The summed E-state index contributed by atoms with van der Waals surface area (Å²) in [6, 6.07) is 0. The summed E-state index contributed by atoms with van der Waals surface area (Å²) in [4.78, 5) is 38.2. The predicted molar refractivity (Wildman–Crippen MR) is 293 cm³/mol. The molecule has 0 spiro atoms. The maximum atomic E-state index is 12.8. The third-order valence-electron chi connectivity index (χ3n) is 14.7. The van der Waals surface area contributed by atoms with E-state index in [1.54, 1.807) is 0 Å². The maximum absolute atomic E-state index is 12.8. The van der Waals surface area contributed by atoms with Crippen LogP contribution in [0.5, 0.6) is 0 Å². The Kier molecular flexibility index (Phi) is 55.0. The van der Waals surface area contributed by atoms with Crippen LogP contribution in [0.1, 0.15) is 355 Å². The molecule has 0 bridgehead atoms. The average molecular weight is 962 g/mol. The van der Waals surface area contributed by atoms with E-state index in [9.17, 15) is 14.4 Å². The molecule has 0 aromatic carbocycles. The molecule has 0 aliphatic carbocycles. The van der Waals surface area contributed by atoms with E-state index < -0.39 is 6.10 Å². The van der Waals surface area contributed by atoms with Gasteiger partial charge in [0.1, 0.15) is 13.2 Å². The van der Waals surface area contributed by atoms with Crippen LogP contribution in [0.2, 0.25) is 0 Å². The Bertz CT molecular complexity index is 1030. The second-order valence-corrected chi connectivity index (χ2v) is 21.6. The second-order valence-electron chi connectivity index (χ2n) is 21.6. The van der Waals surface area contributed by atoms with E-state index in [2.05, 4.69) is 27.7 Å². The summed E-state index contributed by atoms with van der Waals surface area (Å²) in [7, 11) is 0. The van der Waals surface area contributed by atoms with Crippen molar-refractivity contribution in [1.82, 2.24) is 0 Å². The van der Waals surface area contributed by atoms with E-state index in [0.29, 0.717) is 19.3 Å². The Morgan fingerprint density at radius 3 is 0.765 bits per heavy atom. The Balaban J connectivity index is 4.19. The van der Waals surface area contributed by atoms with Crippen LogP contribution in [-0.4, -0.2) is 37.2 Å². The lowest BCUT2D eigenvalue weighted by atomic mass is 9.99. The van der Waals surface area contributed by atoms with Crippen LogP contribution in [0, 0.1) is 5.92 Å². The Morgan fingerprint density at radius 2 is 0.515 bits per heavy atom. The van der Waals surface area contributed by atoms with Crippen LogP contribution in [0.25, 0.3) is 0 Å². The second kappa shape index (κ2) is 56.3. The van der Waals surface area contributed by atoms with Crippen molar-refractivity contribution in [2.45, 2.75) is 361 Å². The zero-order chi connectivity index (χ0) is 49.5. The maximum Gasteiger partial charge on any atom is 0.306 e. The number of ether oxygens (including phenoxy) is 3. The van der Waals surface area contributed by atoms with Gasteiger partial charge >= 0.3 is 17.9 Å². The highest BCUT2D eigenvalue weighted by atomic mass is 16.6. The van der Waals surface area contributed by atoms with Gasteiger partial charge in [-0.05, 0) is 25.2 Å². The lowest BCUT2D eigenvalue weighted by Crippen LogP contribution is -2.30. The zero-order valence-electron chi connectivity index (χ0n) is 46.6. The van der Waals surface area contributed by atoms with Gasteiger partial charge in [0.15, 0.2) is 6.10 Å². The number of hydrogen-bond donors (Lipinski definition) is 0. The molecule has 0 aromatic rings. The van der Waals surface area contributed by atoms with Crippen molar-refractivity contribution in [1.29, 1.82) is 0 Å². The molecule has 0 radical (unpaired) electrons. The van der Waals surface area contributed by atoms with Crippen molar-refractivity contribution >= 4 is 17.9 Å². The van der Waals surface area contributed by atoms with E-state index in [-0.39, 0.29) is 31.1 Å². The molecule has 0 N–H and O–H groups in total. The van der Waals surface area contributed by atoms with Gasteiger partial charge in [0, 0.05) is 19.3 Å². The van der Waals surface area contributed by atoms with Gasteiger partial charge in [-0.3, -0.25) is 14.4 Å². The Hall–Kier alpha value is -1.59. The van der Waals surface area contributed by atoms with Crippen LogP contribution in [-0.2, 0) is 28.6 Å². The third kappa shape index (κ3) is 53.8. The van der Waals surface area contributed by atoms with Gasteiger partial charge in [0.2, 0.25) is 0 Å². The highest BCUT2D eigenvalue weighted by molar-refractivity contribution is 5.71. The fraction of sp³-hybridized carbons (Fsp3) is 0.952. The van der Waals surface area contributed by atoms with Crippen molar-refractivity contribution < 1.29 is 28.6 Å². The molecule has 0 saturated heterocycles. The van der Waals surface area contributed by atoms with Crippen LogP contribution in [0.15, 0.2) is 0 Å². The highest BCUT2D eigenvalue weighted by Gasteiger charge is 2.19. The topological polar surface area (TPSA) is 78.9 Å². The van der Waals surface area contributed by atoms with Crippen molar-refractivity contribution in [2.24, 2.45) is 5.92 Å². The van der Waals surface area contributed by atoms with Gasteiger partial charge in [-0.1, -0.05) is 317 Å². The van der Waals surface area contributed by atoms with Gasteiger partial charge in [-0.2, -0.15) is 0 Å². The third-order valence-corrected chi connectivity index (χ3v) is 14.7. The molecule has 1 unspecified atom stereocenters. The summed E-state index contributed by atoms with van der Waals surface area (Å²) in [5.41, 5.74) is 0. The lowest BCUT2D eigenvalue weighted by Gasteiger charge is -2.18. The quantitative estimate of drug-likeness (QED) is 0.0343. The van der Waals surface area contributed by atoms with Crippen molar-refractivity contribution in [3.05, 3.63) is 0 Å². The molecule has 0 fully saturated rings. The minimum absolute atomic E-state index is 0.0615. The van der Waals surface area contributed by atoms with Gasteiger partial charge < -0.3 is 14.2 Å². The van der Waals surface area contributed by atoms with Gasteiger partial charge in [-0.25, -0.2) is 0 Å². The van der Waals surface area contributed by atoms with E-state index in [4.69, 9.17) is 14.2 Å². The number of carbonyl (C=O) groups is 3. The van der Waals surface area contributed by atoms with E-state index in [0.717, 1.165) is 63.7 Å². The SMILES string of the molecule is CCCCCCCCCCCCCCCCCCCC(=O)OC[C@H](COC(=O)CCCCCCCCCCCCCCCCCCCCC(C)CC)OC(=O)CCCCCCCCCCCCC. The number of unbranched alkanes of at least 4 members (excludes halogenated alkanes) is 43. The molecule has 0 aromatic heterocycles. The number of carbonyl (C=O) groups excluding carboxylic acids is 3. The molecule has 68 heavy (non-hydrogen) atoms. The molecule has 0 aliphatic rings. The zero-order valence-corrected chi connectivity index (χ0v) is 46.6. The first kappa shape index (κ1) is 66.4. The van der Waals surface area contributed by atoms with Gasteiger partial charge in [0.25, 0.3) is 0 Å². The van der Waals surface area contributed by atoms with Crippen molar-refractivity contribution in [2.75, 3.05) is 13.2 Å². The first-order valence-corrected chi connectivity index (χ1v) is 30.9. The Labute approximate surface area is 425 Å². The molecule has 6 nitrogen and oxygen atoms in total. The summed E-state index contributed by atoms with van der Waals surface area (Å²) in [6.45, 7) is 9.11. The molecule has 6 heteroatoms. The number of hydrogen-bond acceptors (Lipinski definition) is 6. The first-order chi connectivity index (χ1) is 33.4. The van der Waals surface area contributed by atoms with E-state index >= 15 is 0 Å². The normalized spacial score (nSPS) is 12.4. The highest BCUT2D eigenvalue weighted by Crippen LogP contribution is 2.19. The van der Waals surface area contributed by atoms with E-state index in [1.165, 1.54) is 250 Å². The molecule has 0 amide bonds. The van der Waals surface area contributed by atoms with Crippen molar-refractivity contribution in [3.8, 4) is 0 Å². The van der Waals surface area contributed by atoms with Gasteiger partial charge in [-0.15, -0.1) is 0 Å². The monoisotopic (exact) mass is 961 g/mol. The minimum atomic E-state index is -0.761. The van der Waals surface area contributed by atoms with Crippen LogP contribution < -0.4 is 0 Å². The molecule has 2 atom stereocenters. The standard InChI is InChI=1S/C62H120O6/c1-5-8-10-12-14-16-18-19-20-23-27-30-34-37-41-45-49-53-60(63)66-56-59(68-62(65)55-51-47-43-39-32-17-15-13-11-9-6-2)57-67-61(64)54-50-46-42-38-35-31-28-25-22-21-24-26-29-33-36-40-44-48-52-58(4)7-3/h58-59H,5-57H2,1-4H3/t58?,59-/m1/s1. The summed E-state index contributed by atoms with van der Waals surface area (Å²) < 4.78 is 16.9. The van der Waals surface area contributed by atoms with Gasteiger partial charge in [0.05, 0.1) is 0 Å². The van der Waals surface area contributed by atoms with Crippen molar-refractivity contribution in [3.63, 3.8) is 0 Å². The molecular weight excluding hydrogens is 841 g/mol. The van der Waals surface area contributed by atoms with Crippen LogP contribution >= 0.6 is 0 Å². The summed E-state index contributed by atoms with van der Waals surface area (Å²) >= 11 is 0. The largest absolute Gasteiger partial charge is 0.462 e. The fourth-order valence-electron chi connectivity index (χ4n) is 9.60. The average Bonchev–Trinajstić information content (AvgIpc) is 3.34.